The molecular weight excluding hydrogens is 242 g/mol. The number of nitrogens with zero attached hydrogens (tertiary/aromatic N) is 3. The van der Waals surface area contributed by atoms with Crippen LogP contribution in [0.2, 0.25) is 0 Å². The summed E-state index contributed by atoms with van der Waals surface area (Å²) in [4.78, 5) is 15.1. The molecule has 0 fully saturated rings. The van der Waals surface area contributed by atoms with Crippen molar-refractivity contribution in [2.45, 2.75) is 19.8 Å². The van der Waals surface area contributed by atoms with Crippen LogP contribution in [0.15, 0.2) is 18.2 Å². The van der Waals surface area contributed by atoms with Gasteiger partial charge in [-0.05, 0) is 33.6 Å². The van der Waals surface area contributed by atoms with Crippen LogP contribution in [0.25, 0.3) is 0 Å². The monoisotopic (exact) mass is 265 g/mol. The van der Waals surface area contributed by atoms with Gasteiger partial charge in [0.1, 0.15) is 0 Å². The molecule has 0 saturated heterocycles. The maximum atomic E-state index is 11.1. The van der Waals surface area contributed by atoms with Gasteiger partial charge in [-0.2, -0.15) is 0 Å². The third-order valence-electron chi connectivity index (χ3n) is 3.02. The van der Waals surface area contributed by atoms with E-state index >= 15 is 0 Å². The van der Waals surface area contributed by atoms with E-state index in [1.165, 1.54) is 0 Å². The van der Waals surface area contributed by atoms with E-state index in [0.29, 0.717) is 0 Å². The Morgan fingerprint density at radius 3 is 2.47 bits per heavy atom. The summed E-state index contributed by atoms with van der Waals surface area (Å²) in [5, 5.41) is 11.1. The van der Waals surface area contributed by atoms with Gasteiger partial charge in [0.05, 0.1) is 4.92 Å². The van der Waals surface area contributed by atoms with E-state index in [9.17, 15) is 10.1 Å². The predicted molar refractivity (Wildman–Crippen MR) is 77.4 cm³/mol. The van der Waals surface area contributed by atoms with Crippen LogP contribution >= 0.6 is 0 Å². The van der Waals surface area contributed by atoms with Gasteiger partial charge in [0.15, 0.2) is 0 Å². The van der Waals surface area contributed by atoms with Crippen molar-refractivity contribution < 1.29 is 4.92 Å². The Hall–Kier alpha value is -1.46. The van der Waals surface area contributed by atoms with Crippen LogP contribution in [-0.2, 0) is 0 Å². The second-order valence-electron chi connectivity index (χ2n) is 5.48. The van der Waals surface area contributed by atoms with Crippen LogP contribution < -0.4 is 0 Å². The lowest BCUT2D eigenvalue weighted by atomic mass is 9.97. The Morgan fingerprint density at radius 2 is 1.95 bits per heavy atom. The molecule has 1 atom stereocenters. The molecule has 0 radical (unpaired) electrons. The van der Waals surface area contributed by atoms with Crippen molar-refractivity contribution in [2.75, 3.05) is 34.4 Å². The van der Waals surface area contributed by atoms with Crippen molar-refractivity contribution in [2.24, 2.45) is 0 Å². The van der Waals surface area contributed by atoms with E-state index in [-0.39, 0.29) is 16.5 Å². The van der Waals surface area contributed by atoms with Gasteiger partial charge in [0, 0.05) is 30.8 Å². The lowest BCUT2D eigenvalue weighted by Gasteiger charge is -2.24. The van der Waals surface area contributed by atoms with Gasteiger partial charge in [0.25, 0.3) is 5.69 Å². The van der Waals surface area contributed by atoms with Gasteiger partial charge in [-0.3, -0.25) is 19.9 Å². The third kappa shape index (κ3) is 4.61. The Kier molecular flexibility index (Phi) is 5.44. The maximum absolute atomic E-state index is 11.1. The van der Waals surface area contributed by atoms with Crippen molar-refractivity contribution in [1.29, 1.82) is 0 Å². The van der Waals surface area contributed by atoms with E-state index in [1.807, 2.05) is 47.1 Å². The molecule has 0 bridgehead atoms. The predicted octanol–water partition coefficient (Wildman–Crippen LogP) is 2.46. The first-order valence-corrected chi connectivity index (χ1v) is 6.39. The number of rotatable bonds is 6. The Labute approximate surface area is 115 Å². The van der Waals surface area contributed by atoms with Gasteiger partial charge in [0.2, 0.25) is 0 Å². The highest BCUT2D eigenvalue weighted by Gasteiger charge is 2.20. The van der Waals surface area contributed by atoms with Crippen molar-refractivity contribution in [3.05, 3.63) is 39.4 Å². The van der Waals surface area contributed by atoms with E-state index in [1.54, 1.807) is 6.07 Å². The fourth-order valence-electron chi connectivity index (χ4n) is 2.33. The largest absolute Gasteiger partial charge is 0.297 e. The molecule has 106 valence electrons. The molecule has 0 aliphatic rings. The molecule has 0 aliphatic carbocycles. The molecular formula is C14H23N3O2. The number of benzene rings is 1. The number of nitro benzene ring substituents is 1. The topological polar surface area (TPSA) is 49.6 Å². The molecule has 1 unspecified atom stereocenters. The van der Waals surface area contributed by atoms with Crippen molar-refractivity contribution in [3.8, 4) is 0 Å². The van der Waals surface area contributed by atoms with Gasteiger partial charge >= 0.3 is 0 Å². The number of nitro groups is 1. The molecule has 0 heterocycles. The highest BCUT2D eigenvalue weighted by Crippen LogP contribution is 2.27. The minimum atomic E-state index is -0.287. The molecule has 0 aliphatic heterocycles. The van der Waals surface area contributed by atoms with Crippen LogP contribution in [0, 0.1) is 17.0 Å². The molecule has 5 heteroatoms. The van der Waals surface area contributed by atoms with E-state index in [4.69, 9.17) is 0 Å². The summed E-state index contributed by atoms with van der Waals surface area (Å²) >= 11 is 0. The number of hydrogen-bond acceptors (Lipinski definition) is 4. The zero-order valence-corrected chi connectivity index (χ0v) is 12.4. The SMILES string of the molecule is Cc1ccc(C(C)CN(C)CN(C)C)c([N+](=O)[O-])c1. The van der Waals surface area contributed by atoms with Crippen LogP contribution in [0.5, 0.6) is 0 Å². The van der Waals surface area contributed by atoms with Crippen LogP contribution in [0.3, 0.4) is 0 Å². The summed E-state index contributed by atoms with van der Waals surface area (Å²) in [6, 6.07) is 5.46. The first-order valence-electron chi connectivity index (χ1n) is 6.39. The first kappa shape index (κ1) is 15.6. The summed E-state index contributed by atoms with van der Waals surface area (Å²) < 4.78 is 0. The smallest absolute Gasteiger partial charge is 0.273 e. The van der Waals surface area contributed by atoms with Crippen LogP contribution in [0.1, 0.15) is 24.0 Å². The lowest BCUT2D eigenvalue weighted by Crippen LogP contribution is -2.33. The van der Waals surface area contributed by atoms with Crippen molar-refractivity contribution in [3.63, 3.8) is 0 Å². The second-order valence-corrected chi connectivity index (χ2v) is 5.48. The molecule has 1 rings (SSSR count). The highest BCUT2D eigenvalue weighted by atomic mass is 16.6. The molecule has 1 aromatic rings. The van der Waals surface area contributed by atoms with Crippen LogP contribution in [-0.4, -0.2) is 49.1 Å². The normalized spacial score (nSPS) is 13.0. The average Bonchev–Trinajstić information content (AvgIpc) is 2.27. The number of aryl methyl sites for hydroxylation is 1. The highest BCUT2D eigenvalue weighted by molar-refractivity contribution is 5.45. The van der Waals surface area contributed by atoms with Crippen molar-refractivity contribution in [1.82, 2.24) is 9.80 Å². The Morgan fingerprint density at radius 1 is 1.32 bits per heavy atom. The molecule has 0 saturated carbocycles. The van der Waals surface area contributed by atoms with E-state index < -0.39 is 0 Å². The summed E-state index contributed by atoms with van der Waals surface area (Å²) in [5.74, 6) is 0.131. The van der Waals surface area contributed by atoms with Gasteiger partial charge in [-0.25, -0.2) is 0 Å². The average molecular weight is 265 g/mol. The van der Waals surface area contributed by atoms with E-state index in [2.05, 4.69) is 9.80 Å². The number of likely N-dealkylation sites (N-methyl/N-ethyl adjacent to an activating group) is 1. The van der Waals surface area contributed by atoms with Gasteiger partial charge in [-0.1, -0.05) is 19.1 Å². The molecule has 19 heavy (non-hydrogen) atoms. The zero-order chi connectivity index (χ0) is 14.6. The minimum absolute atomic E-state index is 0.131. The zero-order valence-electron chi connectivity index (χ0n) is 12.4. The summed E-state index contributed by atoms with van der Waals surface area (Å²) in [6.07, 6.45) is 0. The minimum Gasteiger partial charge on any atom is -0.297 e. The summed E-state index contributed by atoms with van der Waals surface area (Å²) in [6.45, 7) is 5.54. The Bertz CT molecular complexity index is 446. The molecule has 0 amide bonds. The quantitative estimate of drug-likeness (QED) is 0.450. The molecule has 0 spiro atoms. The standard InChI is InChI=1S/C14H23N3O2/c1-11-6-7-13(14(8-11)17(18)19)12(2)9-16(5)10-15(3)4/h6-8,12H,9-10H2,1-5H3. The molecule has 0 aromatic heterocycles. The summed E-state index contributed by atoms with van der Waals surface area (Å²) in [5.41, 5.74) is 1.95. The van der Waals surface area contributed by atoms with Crippen molar-refractivity contribution >= 4 is 5.69 Å². The van der Waals surface area contributed by atoms with Crippen LogP contribution in [0.4, 0.5) is 5.69 Å². The second kappa shape index (κ2) is 6.63. The summed E-state index contributed by atoms with van der Waals surface area (Å²) in [7, 11) is 6.04. The third-order valence-corrected chi connectivity index (χ3v) is 3.02. The maximum Gasteiger partial charge on any atom is 0.273 e. The molecule has 0 N–H and O–H groups in total. The lowest BCUT2D eigenvalue weighted by molar-refractivity contribution is -0.385. The fourth-order valence-corrected chi connectivity index (χ4v) is 2.33. The first-order chi connectivity index (χ1) is 8.81. The Balaban J connectivity index is 2.87. The number of hydrogen-bond donors (Lipinski definition) is 0. The molecule has 5 nitrogen and oxygen atoms in total. The van der Waals surface area contributed by atoms with Gasteiger partial charge < -0.3 is 0 Å². The molecule has 1 aromatic carbocycles. The fraction of sp³-hybridized carbons (Fsp3) is 0.571. The van der Waals surface area contributed by atoms with Gasteiger partial charge in [-0.15, -0.1) is 0 Å². The van der Waals surface area contributed by atoms with E-state index in [0.717, 1.165) is 24.3 Å².